The second kappa shape index (κ2) is 9.78. The first-order chi connectivity index (χ1) is 9.02. The Morgan fingerprint density at radius 3 is 2.26 bits per heavy atom. The molecule has 0 aliphatic heterocycles. The van der Waals surface area contributed by atoms with Gasteiger partial charge in [-0.25, -0.2) is 0 Å². The van der Waals surface area contributed by atoms with Crippen molar-refractivity contribution in [2.45, 2.75) is 52.9 Å². The third-order valence-corrected chi connectivity index (χ3v) is 3.44. The Morgan fingerprint density at radius 1 is 1.16 bits per heavy atom. The monoisotopic (exact) mass is 273 g/mol. The summed E-state index contributed by atoms with van der Waals surface area (Å²) in [5.74, 6) is -1.08. The summed E-state index contributed by atoms with van der Waals surface area (Å²) in [6.07, 6.45) is 2.72. The second-order valence-corrected chi connectivity index (χ2v) is 4.79. The van der Waals surface area contributed by atoms with Gasteiger partial charge in [0.1, 0.15) is 0 Å². The van der Waals surface area contributed by atoms with Gasteiger partial charge in [0.25, 0.3) is 0 Å². The van der Waals surface area contributed by atoms with E-state index < -0.39 is 11.4 Å². The molecule has 0 atom stereocenters. The largest absolute Gasteiger partial charge is 0.481 e. The van der Waals surface area contributed by atoms with Crippen molar-refractivity contribution in [2.75, 3.05) is 19.8 Å². The van der Waals surface area contributed by atoms with Crippen LogP contribution in [0.3, 0.4) is 0 Å². The molecule has 0 bridgehead atoms. The molecule has 0 aromatic heterocycles. The van der Waals surface area contributed by atoms with Crippen molar-refractivity contribution in [3.05, 3.63) is 0 Å². The molecule has 0 heterocycles. The summed E-state index contributed by atoms with van der Waals surface area (Å²) < 4.78 is 5.30. The van der Waals surface area contributed by atoms with Crippen LogP contribution in [0.25, 0.3) is 0 Å². The van der Waals surface area contributed by atoms with E-state index in [1.807, 2.05) is 20.8 Å². The van der Waals surface area contributed by atoms with Crippen molar-refractivity contribution >= 4 is 11.9 Å². The Bertz CT molecular complexity index is 275. The molecule has 2 N–H and O–H groups in total. The maximum atomic E-state index is 11.8. The third-order valence-electron chi connectivity index (χ3n) is 3.44. The molecule has 0 saturated heterocycles. The first-order valence-electron chi connectivity index (χ1n) is 7.10. The molecule has 0 aromatic carbocycles. The highest BCUT2D eigenvalue weighted by molar-refractivity contribution is 5.84. The molecule has 1 amide bonds. The van der Waals surface area contributed by atoms with Crippen LogP contribution in [-0.4, -0.2) is 36.7 Å². The number of hydrogen-bond acceptors (Lipinski definition) is 3. The zero-order chi connectivity index (χ0) is 14.7. The van der Waals surface area contributed by atoms with Crippen molar-refractivity contribution in [3.8, 4) is 0 Å². The van der Waals surface area contributed by atoms with Crippen molar-refractivity contribution in [3.63, 3.8) is 0 Å². The molecule has 0 saturated carbocycles. The lowest BCUT2D eigenvalue weighted by Crippen LogP contribution is -2.37. The Balaban J connectivity index is 3.98. The number of amides is 1. The fourth-order valence-electron chi connectivity index (χ4n) is 1.90. The number of rotatable bonds is 11. The predicted molar refractivity (Wildman–Crippen MR) is 74.0 cm³/mol. The summed E-state index contributed by atoms with van der Waals surface area (Å²) in [6.45, 7) is 7.56. The molecule has 0 unspecified atom stereocenters. The molecule has 0 fully saturated rings. The fourth-order valence-corrected chi connectivity index (χ4v) is 1.90. The van der Waals surface area contributed by atoms with E-state index in [9.17, 15) is 14.7 Å². The van der Waals surface area contributed by atoms with E-state index >= 15 is 0 Å². The van der Waals surface area contributed by atoms with E-state index in [-0.39, 0.29) is 12.3 Å². The molecular weight excluding hydrogens is 246 g/mol. The van der Waals surface area contributed by atoms with Crippen LogP contribution in [0.2, 0.25) is 0 Å². The van der Waals surface area contributed by atoms with Crippen LogP contribution in [0, 0.1) is 5.41 Å². The summed E-state index contributed by atoms with van der Waals surface area (Å²) >= 11 is 0. The van der Waals surface area contributed by atoms with Crippen molar-refractivity contribution in [1.29, 1.82) is 0 Å². The molecule has 5 heteroatoms. The highest BCUT2D eigenvalue weighted by Crippen LogP contribution is 2.30. The van der Waals surface area contributed by atoms with E-state index in [1.165, 1.54) is 0 Å². The molecular formula is C14H27NO4. The molecule has 0 aliphatic carbocycles. The average Bonchev–Trinajstić information content (AvgIpc) is 2.39. The number of carboxylic acids is 1. The van der Waals surface area contributed by atoms with Gasteiger partial charge < -0.3 is 15.2 Å². The lowest BCUT2D eigenvalue weighted by molar-refractivity contribution is -0.152. The van der Waals surface area contributed by atoms with Crippen LogP contribution >= 0.6 is 0 Å². The molecule has 0 radical (unpaired) electrons. The van der Waals surface area contributed by atoms with Gasteiger partial charge in [-0.2, -0.15) is 0 Å². The molecule has 112 valence electrons. The van der Waals surface area contributed by atoms with Crippen molar-refractivity contribution < 1.29 is 19.4 Å². The van der Waals surface area contributed by atoms with E-state index in [2.05, 4.69) is 5.32 Å². The normalized spacial score (nSPS) is 11.3. The summed E-state index contributed by atoms with van der Waals surface area (Å²) in [5, 5.41) is 12.0. The Kier molecular flexibility index (Phi) is 9.21. The van der Waals surface area contributed by atoms with Crippen LogP contribution in [-0.2, 0) is 14.3 Å². The van der Waals surface area contributed by atoms with Gasteiger partial charge in [0.15, 0.2) is 0 Å². The smallest absolute Gasteiger partial charge is 0.310 e. The first kappa shape index (κ1) is 17.9. The lowest BCUT2D eigenvalue weighted by Gasteiger charge is -2.25. The molecule has 0 aliphatic rings. The van der Waals surface area contributed by atoms with Gasteiger partial charge in [0.2, 0.25) is 5.91 Å². The summed E-state index contributed by atoms with van der Waals surface area (Å²) in [6, 6.07) is 0. The summed E-state index contributed by atoms with van der Waals surface area (Å²) in [7, 11) is 0. The van der Waals surface area contributed by atoms with Crippen molar-refractivity contribution in [2.24, 2.45) is 5.41 Å². The van der Waals surface area contributed by atoms with Gasteiger partial charge in [-0.15, -0.1) is 0 Å². The number of carboxylic acid groups (broad SMARTS) is 1. The zero-order valence-corrected chi connectivity index (χ0v) is 12.3. The zero-order valence-electron chi connectivity index (χ0n) is 12.3. The van der Waals surface area contributed by atoms with Crippen LogP contribution < -0.4 is 5.32 Å². The standard InChI is InChI=1S/C14H27NO4/c1-4-9-19-10-7-8-15-12(16)11-14(5-2,6-3)13(17)18/h4-11H2,1-3H3,(H,15,16)(H,17,18). The second-order valence-electron chi connectivity index (χ2n) is 4.79. The maximum Gasteiger partial charge on any atom is 0.310 e. The highest BCUT2D eigenvalue weighted by Gasteiger charge is 2.36. The van der Waals surface area contributed by atoms with Crippen LogP contribution in [0.4, 0.5) is 0 Å². The SMILES string of the molecule is CCCOCCCNC(=O)CC(CC)(CC)C(=O)O. The first-order valence-corrected chi connectivity index (χ1v) is 7.10. The number of hydrogen-bond donors (Lipinski definition) is 2. The maximum absolute atomic E-state index is 11.8. The van der Waals surface area contributed by atoms with Gasteiger partial charge in [0, 0.05) is 26.2 Å². The topological polar surface area (TPSA) is 75.6 Å². The van der Waals surface area contributed by atoms with E-state index in [0.717, 1.165) is 19.4 Å². The molecule has 0 rings (SSSR count). The quantitative estimate of drug-likeness (QED) is 0.566. The minimum atomic E-state index is -0.928. The van der Waals surface area contributed by atoms with Gasteiger partial charge >= 0.3 is 5.97 Å². The number of carbonyl (C=O) groups excluding carboxylic acids is 1. The minimum absolute atomic E-state index is 0.0468. The molecule has 5 nitrogen and oxygen atoms in total. The van der Waals surface area contributed by atoms with Crippen molar-refractivity contribution in [1.82, 2.24) is 5.32 Å². The minimum Gasteiger partial charge on any atom is -0.481 e. The molecule has 0 aromatic rings. The lowest BCUT2D eigenvalue weighted by atomic mass is 9.79. The number of carbonyl (C=O) groups is 2. The molecule has 0 spiro atoms. The average molecular weight is 273 g/mol. The highest BCUT2D eigenvalue weighted by atomic mass is 16.5. The summed E-state index contributed by atoms with van der Waals surface area (Å²) in [5.41, 5.74) is -0.928. The Labute approximate surface area is 115 Å². The van der Waals surface area contributed by atoms with Gasteiger partial charge in [-0.05, 0) is 25.7 Å². The van der Waals surface area contributed by atoms with Gasteiger partial charge in [-0.3, -0.25) is 9.59 Å². The van der Waals surface area contributed by atoms with Gasteiger partial charge in [-0.1, -0.05) is 20.8 Å². The fraction of sp³-hybridized carbons (Fsp3) is 0.857. The number of nitrogens with one attached hydrogen (secondary N) is 1. The van der Waals surface area contributed by atoms with Crippen LogP contribution in [0.1, 0.15) is 52.9 Å². The number of ether oxygens (including phenoxy) is 1. The third kappa shape index (κ3) is 6.57. The van der Waals surface area contributed by atoms with Gasteiger partial charge in [0.05, 0.1) is 5.41 Å². The Morgan fingerprint density at radius 2 is 1.79 bits per heavy atom. The van der Waals surface area contributed by atoms with E-state index in [0.29, 0.717) is 26.0 Å². The van der Waals surface area contributed by atoms with Crippen LogP contribution in [0.15, 0.2) is 0 Å². The van der Waals surface area contributed by atoms with Crippen LogP contribution in [0.5, 0.6) is 0 Å². The summed E-state index contributed by atoms with van der Waals surface area (Å²) in [4.78, 5) is 23.0. The van der Waals surface area contributed by atoms with E-state index in [1.54, 1.807) is 0 Å². The van der Waals surface area contributed by atoms with E-state index in [4.69, 9.17) is 4.74 Å². The molecule has 19 heavy (non-hydrogen) atoms. The predicted octanol–water partition coefficient (Wildman–Crippen LogP) is 2.20. The number of aliphatic carboxylic acids is 1. The Hall–Kier alpha value is -1.10.